The maximum atomic E-state index is 12.8. The van der Waals surface area contributed by atoms with Crippen LogP contribution in [0.2, 0.25) is 0 Å². The lowest BCUT2D eigenvalue weighted by atomic mass is 9.99. The van der Waals surface area contributed by atoms with Crippen molar-refractivity contribution < 1.29 is 23.8 Å². The first kappa shape index (κ1) is 19.7. The maximum Gasteiger partial charge on any atom is 0.295 e. The van der Waals surface area contributed by atoms with Gasteiger partial charge in [0.2, 0.25) is 0 Å². The van der Waals surface area contributed by atoms with E-state index in [1.807, 2.05) is 19.0 Å². The van der Waals surface area contributed by atoms with E-state index < -0.39 is 17.7 Å². The molecular weight excluding hydrogens is 360 g/mol. The SMILES string of the molecule is COc1cccc(C(O)=C2C(=O)C(=O)N(CCN(C)C)[C@@H]2c2ccc(C)o2)c1. The molecule has 1 N–H and O–H groups in total. The fraction of sp³-hybridized carbons (Fsp3) is 0.333. The number of amides is 1. The Morgan fingerprint density at radius 1 is 1.25 bits per heavy atom. The Morgan fingerprint density at radius 3 is 2.61 bits per heavy atom. The smallest absolute Gasteiger partial charge is 0.295 e. The van der Waals surface area contributed by atoms with Gasteiger partial charge in [0.1, 0.15) is 29.1 Å². The number of furan rings is 1. The number of carbonyl (C=O) groups is 2. The summed E-state index contributed by atoms with van der Waals surface area (Å²) in [6, 6.07) is 9.45. The highest BCUT2D eigenvalue weighted by Gasteiger charge is 2.47. The van der Waals surface area contributed by atoms with E-state index in [1.54, 1.807) is 43.3 Å². The van der Waals surface area contributed by atoms with Crippen LogP contribution in [0.5, 0.6) is 5.75 Å². The van der Waals surface area contributed by atoms with Crippen LogP contribution in [0.4, 0.5) is 0 Å². The van der Waals surface area contributed by atoms with Crippen molar-refractivity contribution in [1.82, 2.24) is 9.80 Å². The molecule has 28 heavy (non-hydrogen) atoms. The molecule has 1 aromatic heterocycles. The topological polar surface area (TPSA) is 83.2 Å². The van der Waals surface area contributed by atoms with Crippen LogP contribution >= 0.6 is 0 Å². The van der Waals surface area contributed by atoms with Crippen LogP contribution in [0.3, 0.4) is 0 Å². The lowest BCUT2D eigenvalue weighted by Gasteiger charge is -2.24. The zero-order valence-corrected chi connectivity index (χ0v) is 16.4. The minimum absolute atomic E-state index is 0.0198. The third-order valence-electron chi connectivity index (χ3n) is 4.70. The van der Waals surface area contributed by atoms with Crippen LogP contribution in [0.1, 0.15) is 23.1 Å². The van der Waals surface area contributed by atoms with Crippen molar-refractivity contribution in [2.45, 2.75) is 13.0 Å². The monoisotopic (exact) mass is 384 g/mol. The number of Topliss-reactive ketones (excluding diaryl/α,β-unsaturated/α-hetero) is 1. The molecule has 7 nitrogen and oxygen atoms in total. The van der Waals surface area contributed by atoms with Crippen molar-refractivity contribution in [2.24, 2.45) is 0 Å². The van der Waals surface area contributed by atoms with Crippen molar-refractivity contribution in [1.29, 1.82) is 0 Å². The number of benzene rings is 1. The predicted octanol–water partition coefficient (Wildman–Crippen LogP) is 2.58. The van der Waals surface area contributed by atoms with Gasteiger partial charge in [0.25, 0.3) is 11.7 Å². The van der Waals surface area contributed by atoms with Gasteiger partial charge in [0.05, 0.1) is 12.7 Å². The number of aliphatic hydroxyl groups is 1. The molecule has 0 aliphatic carbocycles. The van der Waals surface area contributed by atoms with Gasteiger partial charge >= 0.3 is 0 Å². The largest absolute Gasteiger partial charge is 0.507 e. The molecule has 1 fully saturated rings. The van der Waals surface area contributed by atoms with Gasteiger partial charge in [-0.15, -0.1) is 0 Å². The van der Waals surface area contributed by atoms with Gasteiger partial charge in [-0.1, -0.05) is 12.1 Å². The zero-order valence-electron chi connectivity index (χ0n) is 16.4. The summed E-state index contributed by atoms with van der Waals surface area (Å²) >= 11 is 0. The van der Waals surface area contributed by atoms with Crippen molar-refractivity contribution in [3.63, 3.8) is 0 Å². The van der Waals surface area contributed by atoms with Gasteiger partial charge in [0, 0.05) is 18.7 Å². The molecule has 1 aliphatic heterocycles. The highest BCUT2D eigenvalue weighted by Crippen LogP contribution is 2.40. The van der Waals surface area contributed by atoms with Gasteiger partial charge in [-0.05, 0) is 45.3 Å². The zero-order chi connectivity index (χ0) is 20.4. The maximum absolute atomic E-state index is 12.8. The quantitative estimate of drug-likeness (QED) is 0.468. The number of aryl methyl sites for hydroxylation is 1. The minimum atomic E-state index is -0.778. The molecule has 2 heterocycles. The molecule has 0 bridgehead atoms. The summed E-state index contributed by atoms with van der Waals surface area (Å²) in [6.45, 7) is 2.69. The molecule has 7 heteroatoms. The molecule has 3 rings (SSSR count). The lowest BCUT2D eigenvalue weighted by molar-refractivity contribution is -0.140. The van der Waals surface area contributed by atoms with Gasteiger partial charge in [-0.3, -0.25) is 9.59 Å². The Labute approximate surface area is 163 Å². The van der Waals surface area contributed by atoms with E-state index in [0.29, 0.717) is 35.9 Å². The highest BCUT2D eigenvalue weighted by atomic mass is 16.5. The van der Waals surface area contributed by atoms with Crippen LogP contribution < -0.4 is 4.74 Å². The predicted molar refractivity (Wildman–Crippen MR) is 104 cm³/mol. The number of carbonyl (C=O) groups excluding carboxylic acids is 2. The molecule has 1 aliphatic rings. The van der Waals surface area contributed by atoms with Crippen LogP contribution in [-0.4, -0.2) is 60.9 Å². The fourth-order valence-corrected chi connectivity index (χ4v) is 3.24. The molecule has 0 spiro atoms. The number of ketones is 1. The first-order chi connectivity index (χ1) is 13.3. The number of hydrogen-bond acceptors (Lipinski definition) is 6. The van der Waals surface area contributed by atoms with Gasteiger partial charge in [-0.25, -0.2) is 0 Å². The second kappa shape index (κ2) is 7.90. The Balaban J connectivity index is 2.13. The van der Waals surface area contributed by atoms with E-state index in [4.69, 9.17) is 9.15 Å². The van der Waals surface area contributed by atoms with Crippen LogP contribution in [0.25, 0.3) is 5.76 Å². The molecule has 0 unspecified atom stereocenters. The molecule has 1 amide bonds. The summed E-state index contributed by atoms with van der Waals surface area (Å²) in [5.74, 6) is 0.0258. The van der Waals surface area contributed by atoms with Crippen LogP contribution in [0.15, 0.2) is 46.4 Å². The standard InChI is InChI=1S/C21H24N2O5/c1-13-8-9-16(28-13)18-17(19(24)14-6-5-7-15(12-14)27-4)20(25)21(26)23(18)11-10-22(2)3/h5-9,12,18,24H,10-11H2,1-4H3/t18-/m1/s1. The summed E-state index contributed by atoms with van der Waals surface area (Å²) < 4.78 is 10.9. The van der Waals surface area contributed by atoms with E-state index in [1.165, 1.54) is 12.0 Å². The number of aliphatic hydroxyl groups excluding tert-OH is 1. The summed E-state index contributed by atoms with van der Waals surface area (Å²) in [4.78, 5) is 28.9. The molecule has 1 aromatic carbocycles. The van der Waals surface area contributed by atoms with Crippen molar-refractivity contribution in [3.8, 4) is 5.75 Å². The number of hydrogen-bond donors (Lipinski definition) is 1. The lowest BCUT2D eigenvalue weighted by Crippen LogP contribution is -2.35. The Kier molecular flexibility index (Phi) is 5.56. The van der Waals surface area contributed by atoms with Gasteiger partial charge in [-0.2, -0.15) is 0 Å². The summed E-state index contributed by atoms with van der Waals surface area (Å²) in [5.41, 5.74) is 0.421. The average molecular weight is 384 g/mol. The number of likely N-dealkylation sites (tertiary alicyclic amines) is 1. The Hall–Kier alpha value is -3.06. The van der Waals surface area contributed by atoms with E-state index in [2.05, 4.69) is 0 Å². The van der Waals surface area contributed by atoms with Crippen molar-refractivity contribution >= 4 is 17.4 Å². The number of nitrogens with zero attached hydrogens (tertiary/aromatic N) is 2. The molecule has 0 saturated carbocycles. The van der Waals surface area contributed by atoms with Crippen molar-refractivity contribution in [3.05, 3.63) is 59.1 Å². The van der Waals surface area contributed by atoms with E-state index >= 15 is 0 Å². The Morgan fingerprint density at radius 2 is 2.00 bits per heavy atom. The molecule has 148 valence electrons. The third kappa shape index (κ3) is 3.66. The first-order valence-corrected chi connectivity index (χ1v) is 8.97. The molecule has 1 atom stereocenters. The van der Waals surface area contributed by atoms with Gasteiger partial charge < -0.3 is 24.1 Å². The second-order valence-corrected chi connectivity index (χ2v) is 6.98. The molecule has 1 saturated heterocycles. The number of likely N-dealkylation sites (N-methyl/N-ethyl adjacent to an activating group) is 1. The van der Waals surface area contributed by atoms with Crippen molar-refractivity contribution in [2.75, 3.05) is 34.3 Å². The fourth-order valence-electron chi connectivity index (χ4n) is 3.24. The van der Waals surface area contributed by atoms with Gasteiger partial charge in [0.15, 0.2) is 0 Å². The summed E-state index contributed by atoms with van der Waals surface area (Å²) in [5, 5.41) is 10.9. The van der Waals surface area contributed by atoms with E-state index in [9.17, 15) is 14.7 Å². The average Bonchev–Trinajstić information content (AvgIpc) is 3.21. The molecule has 2 aromatic rings. The van der Waals surface area contributed by atoms with Crippen LogP contribution in [-0.2, 0) is 9.59 Å². The summed E-state index contributed by atoms with van der Waals surface area (Å²) in [6.07, 6.45) is 0. The highest BCUT2D eigenvalue weighted by molar-refractivity contribution is 6.46. The first-order valence-electron chi connectivity index (χ1n) is 8.97. The van der Waals surface area contributed by atoms with E-state index in [-0.39, 0.29) is 11.3 Å². The molecule has 0 radical (unpaired) electrons. The van der Waals surface area contributed by atoms with E-state index in [0.717, 1.165) is 0 Å². The third-order valence-corrected chi connectivity index (χ3v) is 4.70. The number of ether oxygens (including phenoxy) is 1. The number of rotatable bonds is 6. The number of methoxy groups -OCH3 is 1. The minimum Gasteiger partial charge on any atom is -0.507 e. The summed E-state index contributed by atoms with van der Waals surface area (Å²) in [7, 11) is 5.29. The molecular formula is C21H24N2O5. The van der Waals surface area contributed by atoms with Crippen LogP contribution in [0, 0.1) is 6.92 Å². The Bertz CT molecular complexity index is 928. The second-order valence-electron chi connectivity index (χ2n) is 6.98. The normalized spacial score (nSPS) is 18.9.